The minimum absolute atomic E-state index is 0. The van der Waals surface area contributed by atoms with Gasteiger partial charge in [-0.1, -0.05) is 48.5 Å². The lowest BCUT2D eigenvalue weighted by Gasteiger charge is -2.14. The minimum Gasteiger partial charge on any atom is -0.375 e. The first-order valence-corrected chi connectivity index (χ1v) is 8.56. The summed E-state index contributed by atoms with van der Waals surface area (Å²) in [6.45, 7) is 5.53. The summed E-state index contributed by atoms with van der Waals surface area (Å²) < 4.78 is 5.60. The van der Waals surface area contributed by atoms with E-state index in [4.69, 9.17) is 4.74 Å². The van der Waals surface area contributed by atoms with Gasteiger partial charge >= 0.3 is 6.03 Å². The Hall–Kier alpha value is -2.57. The number of guanidine groups is 1. The Balaban J connectivity index is 0.00000364. The van der Waals surface area contributed by atoms with Crippen molar-refractivity contribution >= 4 is 30.1 Å². The molecule has 0 atom stereocenters. The van der Waals surface area contributed by atoms with E-state index in [0.29, 0.717) is 25.7 Å². The van der Waals surface area contributed by atoms with E-state index in [9.17, 15) is 4.79 Å². The Morgan fingerprint density at radius 3 is 2.33 bits per heavy atom. The second-order valence-electron chi connectivity index (χ2n) is 5.88. The zero-order valence-corrected chi connectivity index (χ0v) is 16.7. The summed E-state index contributed by atoms with van der Waals surface area (Å²) in [7, 11) is 1.62. The molecular formula is C20H27ClN4O2. The number of nitrogens with one attached hydrogen (secondary N) is 3. The van der Waals surface area contributed by atoms with Crippen LogP contribution in [0.1, 0.15) is 16.7 Å². The molecule has 2 aromatic rings. The quantitative estimate of drug-likeness (QED) is 0.400. The van der Waals surface area contributed by atoms with Crippen molar-refractivity contribution in [3.63, 3.8) is 0 Å². The number of benzene rings is 2. The van der Waals surface area contributed by atoms with E-state index >= 15 is 0 Å². The van der Waals surface area contributed by atoms with Crippen LogP contribution in [0.4, 0.5) is 10.5 Å². The summed E-state index contributed by atoms with van der Waals surface area (Å²) in [6.07, 6.45) is 0. The molecule has 6 nitrogen and oxygen atoms in total. The summed E-state index contributed by atoms with van der Waals surface area (Å²) in [4.78, 5) is 16.2. The molecule has 0 aliphatic heterocycles. The van der Waals surface area contributed by atoms with Crippen LogP contribution in [0.25, 0.3) is 0 Å². The lowest BCUT2D eigenvalue weighted by molar-refractivity contribution is 0.125. The lowest BCUT2D eigenvalue weighted by Crippen LogP contribution is -2.44. The van der Waals surface area contributed by atoms with Crippen LogP contribution in [0.3, 0.4) is 0 Å². The van der Waals surface area contributed by atoms with Crippen LogP contribution in [-0.2, 0) is 11.3 Å². The van der Waals surface area contributed by atoms with Gasteiger partial charge in [-0.2, -0.15) is 0 Å². The van der Waals surface area contributed by atoms with E-state index in [2.05, 4.69) is 20.9 Å². The molecule has 0 aliphatic rings. The van der Waals surface area contributed by atoms with Gasteiger partial charge in [0.2, 0.25) is 0 Å². The fourth-order valence-corrected chi connectivity index (χ4v) is 2.45. The van der Waals surface area contributed by atoms with Crippen molar-refractivity contribution in [3.8, 4) is 0 Å². The van der Waals surface area contributed by atoms with Crippen molar-refractivity contribution in [3.05, 3.63) is 65.2 Å². The van der Waals surface area contributed by atoms with Crippen molar-refractivity contribution in [2.75, 3.05) is 25.5 Å². The molecule has 0 unspecified atom stereocenters. The maximum Gasteiger partial charge on any atom is 0.326 e. The molecule has 0 radical (unpaired) electrons. The first-order chi connectivity index (χ1) is 12.6. The Morgan fingerprint density at radius 2 is 1.70 bits per heavy atom. The summed E-state index contributed by atoms with van der Waals surface area (Å²) in [5.41, 5.74) is 3.96. The van der Waals surface area contributed by atoms with Gasteiger partial charge < -0.3 is 15.4 Å². The van der Waals surface area contributed by atoms with Crippen LogP contribution >= 0.6 is 12.4 Å². The zero-order chi connectivity index (χ0) is 18.8. The van der Waals surface area contributed by atoms with Gasteiger partial charge in [0.15, 0.2) is 5.96 Å². The molecule has 7 heteroatoms. The molecule has 146 valence electrons. The third-order valence-electron chi connectivity index (χ3n) is 3.83. The van der Waals surface area contributed by atoms with E-state index < -0.39 is 0 Å². The van der Waals surface area contributed by atoms with Gasteiger partial charge in [-0.05, 0) is 30.5 Å². The molecule has 0 saturated heterocycles. The van der Waals surface area contributed by atoms with E-state index in [1.165, 1.54) is 0 Å². The van der Waals surface area contributed by atoms with Gasteiger partial charge in [0, 0.05) is 19.3 Å². The fourth-order valence-electron chi connectivity index (χ4n) is 2.45. The molecule has 2 amide bonds. The molecular weight excluding hydrogens is 364 g/mol. The topological polar surface area (TPSA) is 74.8 Å². The fraction of sp³-hybridized carbons (Fsp3) is 0.300. The second-order valence-corrected chi connectivity index (χ2v) is 5.88. The standard InChI is InChI=1S/C20H26N4O2.ClH/c1-15-8-7-9-16(2)18(15)23-20(25)24-19(21-3)22-12-13-26-14-17-10-5-4-6-11-17;/h4-11H,12-14H2,1-3H3,(H3,21,22,23,24,25);1H. The molecule has 0 spiro atoms. The van der Waals surface area contributed by atoms with E-state index in [0.717, 1.165) is 22.4 Å². The monoisotopic (exact) mass is 390 g/mol. The molecule has 2 aromatic carbocycles. The van der Waals surface area contributed by atoms with E-state index in [-0.39, 0.29) is 18.4 Å². The molecule has 27 heavy (non-hydrogen) atoms. The van der Waals surface area contributed by atoms with Crippen LogP contribution in [-0.4, -0.2) is 32.2 Å². The zero-order valence-electron chi connectivity index (χ0n) is 15.9. The average molecular weight is 391 g/mol. The van der Waals surface area contributed by atoms with Crippen molar-refractivity contribution in [1.82, 2.24) is 10.6 Å². The number of anilines is 1. The van der Waals surface area contributed by atoms with Gasteiger partial charge in [-0.15, -0.1) is 12.4 Å². The Kier molecular flexibility index (Phi) is 9.93. The molecule has 0 saturated carbocycles. The van der Waals surface area contributed by atoms with Crippen LogP contribution < -0.4 is 16.0 Å². The second kappa shape index (κ2) is 11.9. The molecule has 2 rings (SSSR count). The molecule has 0 aliphatic carbocycles. The summed E-state index contributed by atoms with van der Waals surface area (Å²) in [5.74, 6) is 0.400. The number of amides is 2. The van der Waals surface area contributed by atoms with Gasteiger partial charge in [0.25, 0.3) is 0 Å². The smallest absolute Gasteiger partial charge is 0.326 e. The number of ether oxygens (including phenoxy) is 1. The van der Waals surface area contributed by atoms with Crippen LogP contribution in [0.15, 0.2) is 53.5 Å². The number of aryl methyl sites for hydroxylation is 2. The van der Waals surface area contributed by atoms with Gasteiger partial charge in [0.05, 0.1) is 13.2 Å². The van der Waals surface area contributed by atoms with Crippen molar-refractivity contribution in [2.45, 2.75) is 20.5 Å². The molecule has 3 N–H and O–H groups in total. The van der Waals surface area contributed by atoms with Crippen molar-refractivity contribution in [1.29, 1.82) is 0 Å². The number of halogens is 1. The highest BCUT2D eigenvalue weighted by Crippen LogP contribution is 2.18. The van der Waals surface area contributed by atoms with Crippen LogP contribution in [0, 0.1) is 13.8 Å². The summed E-state index contributed by atoms with van der Waals surface area (Å²) in [6, 6.07) is 15.5. The highest BCUT2D eigenvalue weighted by Gasteiger charge is 2.09. The number of nitrogens with zero attached hydrogens (tertiary/aromatic N) is 1. The number of hydrogen-bond acceptors (Lipinski definition) is 3. The Labute approximate surface area is 166 Å². The number of urea groups is 1. The third-order valence-corrected chi connectivity index (χ3v) is 3.83. The van der Waals surface area contributed by atoms with E-state index in [1.807, 2.05) is 62.4 Å². The highest BCUT2D eigenvalue weighted by molar-refractivity contribution is 6.02. The largest absolute Gasteiger partial charge is 0.375 e. The summed E-state index contributed by atoms with van der Waals surface area (Å²) >= 11 is 0. The van der Waals surface area contributed by atoms with Gasteiger partial charge in [-0.3, -0.25) is 10.3 Å². The predicted molar refractivity (Wildman–Crippen MR) is 113 cm³/mol. The lowest BCUT2D eigenvalue weighted by atomic mass is 10.1. The first kappa shape index (κ1) is 22.5. The summed E-state index contributed by atoms with van der Waals surface area (Å²) in [5, 5.41) is 8.63. The Morgan fingerprint density at radius 1 is 1.04 bits per heavy atom. The number of rotatable bonds is 6. The maximum absolute atomic E-state index is 12.2. The molecule has 0 fully saturated rings. The maximum atomic E-state index is 12.2. The van der Waals surface area contributed by atoms with E-state index in [1.54, 1.807) is 7.05 Å². The highest BCUT2D eigenvalue weighted by atomic mass is 35.5. The predicted octanol–water partition coefficient (Wildman–Crippen LogP) is 3.64. The van der Waals surface area contributed by atoms with Crippen molar-refractivity contribution < 1.29 is 9.53 Å². The number of carbonyl (C=O) groups is 1. The minimum atomic E-state index is -0.333. The number of hydrogen-bond donors (Lipinski definition) is 3. The van der Waals surface area contributed by atoms with Crippen LogP contribution in [0.5, 0.6) is 0 Å². The normalized spacial score (nSPS) is 10.7. The van der Waals surface area contributed by atoms with Gasteiger partial charge in [-0.25, -0.2) is 4.79 Å². The van der Waals surface area contributed by atoms with Crippen molar-refractivity contribution in [2.24, 2.45) is 4.99 Å². The third kappa shape index (κ3) is 7.68. The number of aliphatic imine (C=N–C) groups is 1. The first-order valence-electron chi connectivity index (χ1n) is 8.56. The molecule has 0 aromatic heterocycles. The van der Waals surface area contributed by atoms with Gasteiger partial charge in [0.1, 0.15) is 0 Å². The van der Waals surface area contributed by atoms with Crippen LogP contribution in [0.2, 0.25) is 0 Å². The average Bonchev–Trinajstić information content (AvgIpc) is 2.64. The SMILES string of the molecule is CN=C(NCCOCc1ccccc1)NC(=O)Nc1c(C)cccc1C.Cl. The number of para-hydroxylation sites is 1. The Bertz CT molecular complexity index is 731. The number of carbonyl (C=O) groups excluding carboxylic acids is 1. The molecule has 0 heterocycles. The molecule has 0 bridgehead atoms.